The zero-order chi connectivity index (χ0) is 13.9. The number of hydrogen-bond donors (Lipinski definition) is 1. The van der Waals surface area contributed by atoms with E-state index in [2.05, 4.69) is 12.2 Å². The molecule has 0 aliphatic heterocycles. The molecule has 0 bridgehead atoms. The molecule has 0 unspecified atom stereocenters. The molecule has 1 aromatic rings. The van der Waals surface area contributed by atoms with Crippen LogP contribution in [0.15, 0.2) is 29.2 Å². The summed E-state index contributed by atoms with van der Waals surface area (Å²) >= 11 is 0. The molecule has 0 spiro atoms. The molecule has 1 aliphatic carbocycles. The first-order chi connectivity index (χ1) is 9.01. The van der Waals surface area contributed by atoms with Crippen LogP contribution in [0.25, 0.3) is 0 Å². The second-order valence-corrected chi connectivity index (χ2v) is 7.66. The first kappa shape index (κ1) is 14.4. The number of anilines is 1. The summed E-state index contributed by atoms with van der Waals surface area (Å²) in [5.74, 6) is 0.221. The Balaban J connectivity index is 1.99. The number of nitrogens with one attached hydrogen (secondary N) is 1. The molecular weight excluding hydrogens is 258 g/mol. The Morgan fingerprint density at radius 2 is 1.79 bits per heavy atom. The maximum atomic E-state index is 11.9. The van der Waals surface area contributed by atoms with Crippen molar-refractivity contribution in [2.45, 2.75) is 44.4 Å². The lowest BCUT2D eigenvalue weighted by Gasteiger charge is -2.14. The standard InChI is InChI=1S/C15H23NO2S/c1-3-11-19(17,18)14-7-5-13(6-8-14)16-12-15(4-2)9-10-15/h5-8,16H,3-4,9-12H2,1-2H3. The highest BCUT2D eigenvalue weighted by atomic mass is 32.2. The van der Waals surface area contributed by atoms with Crippen molar-refractivity contribution in [3.05, 3.63) is 24.3 Å². The lowest BCUT2D eigenvalue weighted by atomic mass is 10.0. The number of sulfone groups is 1. The van der Waals surface area contributed by atoms with Crippen molar-refractivity contribution in [1.82, 2.24) is 0 Å². The van der Waals surface area contributed by atoms with Gasteiger partial charge in [0, 0.05) is 12.2 Å². The van der Waals surface area contributed by atoms with Crippen LogP contribution in [-0.2, 0) is 9.84 Å². The van der Waals surface area contributed by atoms with Gasteiger partial charge < -0.3 is 5.32 Å². The van der Waals surface area contributed by atoms with Crippen molar-refractivity contribution in [2.75, 3.05) is 17.6 Å². The van der Waals surface area contributed by atoms with Crippen LogP contribution in [-0.4, -0.2) is 20.7 Å². The zero-order valence-corrected chi connectivity index (χ0v) is 12.6. The fraction of sp³-hybridized carbons (Fsp3) is 0.600. The first-order valence-electron chi connectivity index (χ1n) is 7.08. The largest absolute Gasteiger partial charge is 0.384 e. The molecule has 106 valence electrons. The van der Waals surface area contributed by atoms with Crippen molar-refractivity contribution in [1.29, 1.82) is 0 Å². The van der Waals surface area contributed by atoms with Crippen LogP contribution in [0.1, 0.15) is 39.5 Å². The summed E-state index contributed by atoms with van der Waals surface area (Å²) in [5, 5.41) is 3.41. The SMILES string of the molecule is CCCS(=O)(=O)c1ccc(NCC2(CC)CC2)cc1. The quantitative estimate of drug-likeness (QED) is 0.832. The molecule has 1 aliphatic rings. The van der Waals surface area contributed by atoms with Crippen LogP contribution in [0, 0.1) is 5.41 Å². The average molecular weight is 281 g/mol. The third-order valence-electron chi connectivity index (χ3n) is 4.06. The van der Waals surface area contributed by atoms with Gasteiger partial charge in [-0.15, -0.1) is 0 Å². The van der Waals surface area contributed by atoms with E-state index in [9.17, 15) is 8.42 Å². The van der Waals surface area contributed by atoms with Crippen molar-refractivity contribution >= 4 is 15.5 Å². The Bertz CT molecular complexity index is 516. The summed E-state index contributed by atoms with van der Waals surface area (Å²) in [5.41, 5.74) is 1.50. The Kier molecular flexibility index (Phi) is 4.19. The van der Waals surface area contributed by atoms with Gasteiger partial charge in [0.25, 0.3) is 0 Å². The molecule has 1 aromatic carbocycles. The van der Waals surface area contributed by atoms with Crippen LogP contribution >= 0.6 is 0 Å². The third kappa shape index (κ3) is 3.50. The molecule has 0 atom stereocenters. The van der Waals surface area contributed by atoms with Gasteiger partial charge in [0.2, 0.25) is 0 Å². The molecule has 1 fully saturated rings. The van der Waals surface area contributed by atoms with Gasteiger partial charge in [-0.2, -0.15) is 0 Å². The van der Waals surface area contributed by atoms with E-state index in [4.69, 9.17) is 0 Å². The van der Waals surface area contributed by atoms with E-state index in [1.807, 2.05) is 19.1 Å². The van der Waals surface area contributed by atoms with Gasteiger partial charge in [0.05, 0.1) is 10.6 Å². The lowest BCUT2D eigenvalue weighted by Crippen LogP contribution is -2.14. The number of rotatable bonds is 7. The van der Waals surface area contributed by atoms with E-state index < -0.39 is 9.84 Å². The Hall–Kier alpha value is -1.03. The molecular formula is C15H23NO2S. The topological polar surface area (TPSA) is 46.2 Å². The summed E-state index contributed by atoms with van der Waals surface area (Å²) in [4.78, 5) is 0.427. The Morgan fingerprint density at radius 1 is 1.16 bits per heavy atom. The molecule has 0 heterocycles. The summed E-state index contributed by atoms with van der Waals surface area (Å²) in [7, 11) is -3.09. The van der Waals surface area contributed by atoms with Gasteiger partial charge in [-0.3, -0.25) is 0 Å². The van der Waals surface area contributed by atoms with Crippen molar-refractivity contribution in [3.63, 3.8) is 0 Å². The summed E-state index contributed by atoms with van der Waals surface area (Å²) in [6.07, 6.45) is 4.48. The van der Waals surface area contributed by atoms with Crippen molar-refractivity contribution < 1.29 is 8.42 Å². The maximum absolute atomic E-state index is 11.9. The number of hydrogen-bond acceptors (Lipinski definition) is 3. The zero-order valence-electron chi connectivity index (χ0n) is 11.8. The van der Waals surface area contributed by atoms with Gasteiger partial charge in [0.15, 0.2) is 9.84 Å². The minimum absolute atomic E-state index is 0.221. The molecule has 0 radical (unpaired) electrons. The minimum atomic E-state index is -3.09. The van der Waals surface area contributed by atoms with E-state index in [0.29, 0.717) is 16.7 Å². The fourth-order valence-electron chi connectivity index (χ4n) is 2.29. The minimum Gasteiger partial charge on any atom is -0.384 e. The van der Waals surface area contributed by atoms with Crippen molar-refractivity contribution in [2.24, 2.45) is 5.41 Å². The second kappa shape index (κ2) is 5.53. The summed E-state index contributed by atoms with van der Waals surface area (Å²) < 4.78 is 23.8. The molecule has 0 aromatic heterocycles. The molecule has 2 rings (SSSR count). The fourth-order valence-corrected chi connectivity index (χ4v) is 3.61. The van der Waals surface area contributed by atoms with Crippen LogP contribution in [0.3, 0.4) is 0 Å². The highest BCUT2D eigenvalue weighted by Crippen LogP contribution is 2.48. The Morgan fingerprint density at radius 3 is 2.26 bits per heavy atom. The van der Waals surface area contributed by atoms with E-state index >= 15 is 0 Å². The maximum Gasteiger partial charge on any atom is 0.178 e. The molecule has 0 saturated heterocycles. The van der Waals surface area contributed by atoms with Crippen LogP contribution in [0.5, 0.6) is 0 Å². The molecule has 0 amide bonds. The van der Waals surface area contributed by atoms with Crippen molar-refractivity contribution in [3.8, 4) is 0 Å². The predicted molar refractivity (Wildman–Crippen MR) is 79.2 cm³/mol. The van der Waals surface area contributed by atoms with Crippen LogP contribution in [0.2, 0.25) is 0 Å². The van der Waals surface area contributed by atoms with Crippen LogP contribution in [0.4, 0.5) is 5.69 Å². The summed E-state index contributed by atoms with van der Waals surface area (Å²) in [6, 6.07) is 7.15. The van der Waals surface area contributed by atoms with Gasteiger partial charge in [-0.1, -0.05) is 13.8 Å². The molecule has 1 N–H and O–H groups in total. The average Bonchev–Trinajstić information content (AvgIpc) is 3.17. The van der Waals surface area contributed by atoms with Gasteiger partial charge in [-0.25, -0.2) is 8.42 Å². The normalized spacial score (nSPS) is 17.2. The van der Waals surface area contributed by atoms with E-state index in [1.165, 1.54) is 19.3 Å². The predicted octanol–water partition coefficient (Wildman–Crippen LogP) is 3.47. The lowest BCUT2D eigenvalue weighted by molar-refractivity contribution is 0.521. The highest BCUT2D eigenvalue weighted by molar-refractivity contribution is 7.91. The first-order valence-corrected chi connectivity index (χ1v) is 8.73. The van der Waals surface area contributed by atoms with E-state index in [-0.39, 0.29) is 5.75 Å². The molecule has 3 nitrogen and oxygen atoms in total. The third-order valence-corrected chi connectivity index (χ3v) is 6.00. The van der Waals surface area contributed by atoms with E-state index in [1.54, 1.807) is 12.1 Å². The smallest absolute Gasteiger partial charge is 0.178 e. The molecule has 1 saturated carbocycles. The van der Waals surface area contributed by atoms with Crippen LogP contribution < -0.4 is 5.32 Å². The Labute approximate surface area is 116 Å². The van der Waals surface area contributed by atoms with Gasteiger partial charge >= 0.3 is 0 Å². The molecule has 19 heavy (non-hydrogen) atoms. The monoisotopic (exact) mass is 281 g/mol. The van der Waals surface area contributed by atoms with Gasteiger partial charge in [-0.05, 0) is 55.4 Å². The van der Waals surface area contributed by atoms with Gasteiger partial charge in [0.1, 0.15) is 0 Å². The highest BCUT2D eigenvalue weighted by Gasteiger charge is 2.40. The van der Waals surface area contributed by atoms with E-state index in [0.717, 1.165) is 12.2 Å². The summed E-state index contributed by atoms with van der Waals surface area (Å²) in [6.45, 7) is 5.10. The number of benzene rings is 1. The second-order valence-electron chi connectivity index (χ2n) is 5.55. The molecule has 4 heteroatoms.